The maximum absolute atomic E-state index is 4.15. The predicted octanol–water partition coefficient (Wildman–Crippen LogP) is 4.28. The number of hydrogen-bond acceptors (Lipinski definition) is 2. The highest BCUT2D eigenvalue weighted by Crippen LogP contribution is 2.17. The van der Waals surface area contributed by atoms with Crippen molar-refractivity contribution < 1.29 is 0 Å². The summed E-state index contributed by atoms with van der Waals surface area (Å²) in [7, 11) is 0. The number of benzene rings is 1. The van der Waals surface area contributed by atoms with Gasteiger partial charge in [0.25, 0.3) is 0 Å². The standard InChI is InChI=1S/C19H24N2/c1-5-16-7-8-18(17(6-2)11-16)13-21-15(4)19-9-10-20-12-14(19)3/h7-12,21H,4-6,13H2,1-3H3. The second kappa shape index (κ2) is 7.07. The number of hydrogen-bond donors (Lipinski definition) is 1. The lowest BCUT2D eigenvalue weighted by Crippen LogP contribution is -2.13. The van der Waals surface area contributed by atoms with Crippen LogP contribution in [0.1, 0.15) is 41.7 Å². The molecule has 0 radical (unpaired) electrons. The summed E-state index contributed by atoms with van der Waals surface area (Å²) in [6.45, 7) is 11.4. The minimum Gasteiger partial charge on any atom is -0.381 e. The van der Waals surface area contributed by atoms with Crippen LogP contribution >= 0.6 is 0 Å². The van der Waals surface area contributed by atoms with Gasteiger partial charge in [0, 0.05) is 30.2 Å². The second-order valence-corrected chi connectivity index (χ2v) is 5.33. The third kappa shape index (κ3) is 3.72. The van der Waals surface area contributed by atoms with Crippen molar-refractivity contribution >= 4 is 5.70 Å². The van der Waals surface area contributed by atoms with E-state index in [9.17, 15) is 0 Å². The molecule has 2 rings (SSSR count). The first-order valence-corrected chi connectivity index (χ1v) is 7.60. The molecule has 0 spiro atoms. The summed E-state index contributed by atoms with van der Waals surface area (Å²) in [5.41, 5.74) is 7.40. The van der Waals surface area contributed by atoms with Crippen molar-refractivity contribution in [1.82, 2.24) is 10.3 Å². The van der Waals surface area contributed by atoms with Gasteiger partial charge in [0.1, 0.15) is 0 Å². The van der Waals surface area contributed by atoms with Crippen LogP contribution in [0.3, 0.4) is 0 Å². The molecule has 0 saturated heterocycles. The van der Waals surface area contributed by atoms with Gasteiger partial charge in [-0.05, 0) is 48.1 Å². The number of rotatable bonds is 6. The molecule has 0 amide bonds. The fourth-order valence-corrected chi connectivity index (χ4v) is 2.51. The van der Waals surface area contributed by atoms with Crippen LogP contribution in [0, 0.1) is 6.92 Å². The van der Waals surface area contributed by atoms with E-state index in [0.29, 0.717) is 0 Å². The molecule has 1 aromatic heterocycles. The summed E-state index contributed by atoms with van der Waals surface area (Å²) in [5.74, 6) is 0. The Bertz CT molecular complexity index is 629. The van der Waals surface area contributed by atoms with Crippen LogP contribution in [0.5, 0.6) is 0 Å². The van der Waals surface area contributed by atoms with Crippen molar-refractivity contribution in [2.24, 2.45) is 0 Å². The first-order valence-electron chi connectivity index (χ1n) is 7.60. The molecule has 1 aromatic carbocycles. The average molecular weight is 280 g/mol. The van der Waals surface area contributed by atoms with Crippen molar-refractivity contribution in [3.05, 3.63) is 71.1 Å². The van der Waals surface area contributed by atoms with Crippen LogP contribution < -0.4 is 5.32 Å². The summed E-state index contributed by atoms with van der Waals surface area (Å²) in [6, 6.07) is 8.77. The quantitative estimate of drug-likeness (QED) is 0.854. The largest absolute Gasteiger partial charge is 0.381 e. The molecule has 1 N–H and O–H groups in total. The van der Waals surface area contributed by atoms with Gasteiger partial charge >= 0.3 is 0 Å². The van der Waals surface area contributed by atoms with Gasteiger partial charge in [-0.2, -0.15) is 0 Å². The normalized spacial score (nSPS) is 10.4. The molecule has 0 bridgehead atoms. The van der Waals surface area contributed by atoms with E-state index in [4.69, 9.17) is 0 Å². The smallest absolute Gasteiger partial charge is 0.0403 e. The maximum Gasteiger partial charge on any atom is 0.0403 e. The Hall–Kier alpha value is -2.09. The zero-order valence-corrected chi connectivity index (χ0v) is 13.2. The number of nitrogens with zero attached hydrogens (tertiary/aromatic N) is 1. The van der Waals surface area contributed by atoms with Crippen LogP contribution in [-0.2, 0) is 19.4 Å². The Balaban J connectivity index is 2.10. The van der Waals surface area contributed by atoms with E-state index in [2.05, 4.69) is 55.9 Å². The van der Waals surface area contributed by atoms with E-state index in [-0.39, 0.29) is 0 Å². The Morgan fingerprint density at radius 1 is 1.14 bits per heavy atom. The van der Waals surface area contributed by atoms with Gasteiger partial charge in [-0.25, -0.2) is 0 Å². The Kier molecular flexibility index (Phi) is 5.15. The highest BCUT2D eigenvalue weighted by atomic mass is 14.9. The van der Waals surface area contributed by atoms with Crippen LogP contribution in [0.2, 0.25) is 0 Å². The van der Waals surface area contributed by atoms with E-state index in [1.807, 2.05) is 18.5 Å². The molecular weight excluding hydrogens is 256 g/mol. The molecule has 2 aromatic rings. The van der Waals surface area contributed by atoms with Crippen LogP contribution in [0.25, 0.3) is 5.70 Å². The van der Waals surface area contributed by atoms with Crippen molar-refractivity contribution in [2.75, 3.05) is 0 Å². The lowest BCUT2D eigenvalue weighted by atomic mass is 10.0. The minimum atomic E-state index is 0.813. The summed E-state index contributed by atoms with van der Waals surface area (Å²) in [6.07, 6.45) is 5.83. The van der Waals surface area contributed by atoms with Gasteiger partial charge in [0.05, 0.1) is 0 Å². The van der Waals surface area contributed by atoms with E-state index < -0.39 is 0 Å². The topological polar surface area (TPSA) is 24.9 Å². The maximum atomic E-state index is 4.15. The summed E-state index contributed by atoms with van der Waals surface area (Å²) < 4.78 is 0. The highest BCUT2D eigenvalue weighted by Gasteiger charge is 2.05. The lowest BCUT2D eigenvalue weighted by molar-refractivity contribution is 0.867. The number of pyridine rings is 1. The molecule has 0 fully saturated rings. The second-order valence-electron chi connectivity index (χ2n) is 5.33. The fraction of sp³-hybridized carbons (Fsp3) is 0.316. The van der Waals surface area contributed by atoms with Gasteiger partial charge in [-0.1, -0.05) is 38.6 Å². The van der Waals surface area contributed by atoms with Gasteiger partial charge in [0.15, 0.2) is 0 Å². The molecule has 0 atom stereocenters. The zero-order valence-electron chi connectivity index (χ0n) is 13.2. The predicted molar refractivity (Wildman–Crippen MR) is 90.0 cm³/mol. The van der Waals surface area contributed by atoms with Crippen LogP contribution in [0.15, 0.2) is 43.2 Å². The molecule has 0 unspecified atom stereocenters. The Morgan fingerprint density at radius 2 is 1.95 bits per heavy atom. The molecule has 21 heavy (non-hydrogen) atoms. The molecule has 0 saturated carbocycles. The first kappa shape index (κ1) is 15.3. The van der Waals surface area contributed by atoms with Gasteiger partial charge in [0.2, 0.25) is 0 Å². The molecule has 2 heteroatoms. The third-order valence-corrected chi connectivity index (χ3v) is 3.90. The van der Waals surface area contributed by atoms with Crippen molar-refractivity contribution in [2.45, 2.75) is 40.2 Å². The summed E-state index contributed by atoms with van der Waals surface area (Å²) >= 11 is 0. The number of aromatic nitrogens is 1. The molecule has 110 valence electrons. The van der Waals surface area contributed by atoms with Gasteiger partial charge in [-0.3, -0.25) is 4.98 Å². The lowest BCUT2D eigenvalue weighted by Gasteiger charge is -2.14. The van der Waals surface area contributed by atoms with E-state index in [1.165, 1.54) is 16.7 Å². The fourth-order valence-electron chi connectivity index (χ4n) is 2.51. The van der Waals surface area contributed by atoms with Crippen LogP contribution in [0.4, 0.5) is 0 Å². The van der Waals surface area contributed by atoms with Crippen molar-refractivity contribution in [1.29, 1.82) is 0 Å². The summed E-state index contributed by atoms with van der Waals surface area (Å²) in [4.78, 5) is 4.12. The Labute approximate surface area is 127 Å². The molecule has 0 aliphatic heterocycles. The van der Waals surface area contributed by atoms with E-state index in [0.717, 1.165) is 36.2 Å². The Morgan fingerprint density at radius 3 is 2.62 bits per heavy atom. The minimum absolute atomic E-state index is 0.813. The van der Waals surface area contributed by atoms with E-state index in [1.54, 1.807) is 0 Å². The molecule has 0 aliphatic rings. The van der Waals surface area contributed by atoms with Gasteiger partial charge < -0.3 is 5.32 Å². The van der Waals surface area contributed by atoms with Crippen LogP contribution in [-0.4, -0.2) is 4.98 Å². The molecular formula is C19H24N2. The first-order chi connectivity index (χ1) is 10.2. The zero-order chi connectivity index (χ0) is 15.2. The summed E-state index contributed by atoms with van der Waals surface area (Å²) in [5, 5.41) is 3.45. The monoisotopic (exact) mass is 280 g/mol. The highest BCUT2D eigenvalue weighted by molar-refractivity contribution is 5.64. The number of nitrogens with one attached hydrogen (secondary N) is 1. The van der Waals surface area contributed by atoms with Crippen molar-refractivity contribution in [3.63, 3.8) is 0 Å². The molecule has 1 heterocycles. The molecule has 2 nitrogen and oxygen atoms in total. The van der Waals surface area contributed by atoms with Crippen molar-refractivity contribution in [3.8, 4) is 0 Å². The van der Waals surface area contributed by atoms with Gasteiger partial charge in [-0.15, -0.1) is 0 Å². The third-order valence-electron chi connectivity index (χ3n) is 3.90. The number of aryl methyl sites for hydroxylation is 3. The SMILES string of the molecule is C=C(NCc1ccc(CC)cc1CC)c1ccncc1C. The average Bonchev–Trinajstić information content (AvgIpc) is 2.52. The van der Waals surface area contributed by atoms with E-state index >= 15 is 0 Å². The molecule has 0 aliphatic carbocycles.